The Balaban J connectivity index is 2.44. The van der Waals surface area contributed by atoms with Crippen molar-refractivity contribution < 1.29 is 22.7 Å². The molecule has 1 aromatic carbocycles. The van der Waals surface area contributed by atoms with Crippen molar-refractivity contribution in [2.24, 2.45) is 5.92 Å². The Kier molecular flexibility index (Phi) is 5.46. The fourth-order valence-electron chi connectivity index (χ4n) is 3.04. The van der Waals surface area contributed by atoms with Gasteiger partial charge in [0.1, 0.15) is 5.72 Å². The molecule has 1 aromatic rings. The minimum Gasteiger partial charge on any atom is -0.360 e. The molecule has 7 nitrogen and oxygen atoms in total. The van der Waals surface area contributed by atoms with Crippen LogP contribution in [-0.2, 0) is 19.4 Å². The van der Waals surface area contributed by atoms with Crippen LogP contribution in [0, 0.1) is 5.92 Å². The van der Waals surface area contributed by atoms with E-state index in [1.165, 1.54) is 29.2 Å². The van der Waals surface area contributed by atoms with E-state index in [9.17, 15) is 18.7 Å². The zero-order valence-electron chi connectivity index (χ0n) is 14.8. The van der Waals surface area contributed by atoms with Gasteiger partial charge in [0.25, 0.3) is 9.84 Å². The van der Waals surface area contributed by atoms with E-state index in [1.807, 2.05) is 13.8 Å². The molecule has 1 heterocycles. The van der Waals surface area contributed by atoms with E-state index in [0.717, 1.165) is 0 Å². The van der Waals surface area contributed by atoms with Crippen molar-refractivity contribution >= 4 is 20.8 Å². The molecule has 25 heavy (non-hydrogen) atoms. The molecule has 1 amide bonds. The van der Waals surface area contributed by atoms with Gasteiger partial charge in [-0.1, -0.05) is 32.0 Å². The lowest BCUT2D eigenvalue weighted by Gasteiger charge is -2.32. The van der Waals surface area contributed by atoms with E-state index in [4.69, 9.17) is 4.74 Å². The number of sulfone groups is 1. The quantitative estimate of drug-likeness (QED) is 0.354. The van der Waals surface area contributed by atoms with Crippen molar-refractivity contribution in [1.29, 1.82) is 0 Å². The van der Waals surface area contributed by atoms with E-state index in [-0.39, 0.29) is 16.9 Å². The summed E-state index contributed by atoms with van der Waals surface area (Å²) in [5.41, 5.74) is 8.33. The van der Waals surface area contributed by atoms with Crippen LogP contribution < -0.4 is 0 Å². The van der Waals surface area contributed by atoms with Gasteiger partial charge in [-0.15, -0.1) is 4.79 Å². The number of hydrogen-bond acceptors (Lipinski definition) is 4. The Bertz CT molecular complexity index is 796. The van der Waals surface area contributed by atoms with Gasteiger partial charge in [-0.05, 0) is 38.3 Å². The highest BCUT2D eigenvalue weighted by atomic mass is 32.2. The Hall–Kier alpha value is -2.02. The molecule has 1 aliphatic rings. The second-order valence-corrected chi connectivity index (χ2v) is 8.80. The SMILES string of the molecule is CC(C)CC1COC(C)(C)N1C(=O)C(=[N+]=[N-])S(=O)(=O)c1ccccc1. The Morgan fingerprint density at radius 3 is 2.48 bits per heavy atom. The predicted octanol–water partition coefficient (Wildman–Crippen LogP) is 2.10. The number of ether oxygens (including phenoxy) is 1. The van der Waals surface area contributed by atoms with Gasteiger partial charge in [-0.2, -0.15) is 0 Å². The van der Waals surface area contributed by atoms with Crippen LogP contribution in [-0.4, -0.2) is 47.4 Å². The second kappa shape index (κ2) is 7.07. The minimum absolute atomic E-state index is 0.102. The average Bonchev–Trinajstić information content (AvgIpc) is 2.82. The maximum absolute atomic E-state index is 13.0. The van der Waals surface area contributed by atoms with Gasteiger partial charge in [0.05, 0.1) is 17.5 Å². The Morgan fingerprint density at radius 1 is 1.36 bits per heavy atom. The van der Waals surface area contributed by atoms with Crippen LogP contribution in [0.15, 0.2) is 35.2 Å². The van der Waals surface area contributed by atoms with Gasteiger partial charge in [0, 0.05) is 0 Å². The van der Waals surface area contributed by atoms with Crippen molar-refractivity contribution in [3.8, 4) is 0 Å². The van der Waals surface area contributed by atoms with Gasteiger partial charge >= 0.3 is 11.0 Å². The van der Waals surface area contributed by atoms with Crippen molar-refractivity contribution in [2.75, 3.05) is 6.61 Å². The predicted molar refractivity (Wildman–Crippen MR) is 92.4 cm³/mol. The standard InChI is InChI=1S/C17H23N3O4S/c1-12(2)10-13-11-24-17(3,4)20(13)16(21)15(19-18)25(22,23)14-8-6-5-7-9-14/h5-9,12-13H,10-11H2,1-4H3. The number of hydrogen-bond donors (Lipinski definition) is 0. The van der Waals surface area contributed by atoms with E-state index >= 15 is 0 Å². The van der Waals surface area contributed by atoms with Crippen molar-refractivity contribution in [2.45, 2.75) is 50.8 Å². The average molecular weight is 365 g/mol. The minimum atomic E-state index is -4.24. The highest BCUT2D eigenvalue weighted by molar-refractivity contribution is 8.08. The highest BCUT2D eigenvalue weighted by Crippen LogP contribution is 2.31. The fraction of sp³-hybridized carbons (Fsp3) is 0.529. The number of amides is 1. The Labute approximate surface area is 148 Å². The number of nitrogens with zero attached hydrogens (tertiary/aromatic N) is 3. The second-order valence-electron chi connectivity index (χ2n) is 6.94. The lowest BCUT2D eigenvalue weighted by Crippen LogP contribution is -2.52. The summed E-state index contributed by atoms with van der Waals surface area (Å²) in [7, 11) is -4.24. The molecule has 0 radical (unpaired) electrons. The van der Waals surface area contributed by atoms with E-state index in [1.54, 1.807) is 19.9 Å². The maximum atomic E-state index is 13.0. The zero-order chi connectivity index (χ0) is 18.8. The van der Waals surface area contributed by atoms with Crippen molar-refractivity contribution in [1.82, 2.24) is 4.90 Å². The summed E-state index contributed by atoms with van der Waals surface area (Å²) in [5.74, 6) is -0.572. The topological polar surface area (TPSA) is 100 Å². The maximum Gasteiger partial charge on any atom is 0.473 e. The van der Waals surface area contributed by atoms with Gasteiger partial charge < -0.3 is 10.3 Å². The molecular formula is C17H23N3O4S. The molecule has 0 saturated carbocycles. The molecule has 0 bridgehead atoms. The monoisotopic (exact) mass is 365 g/mol. The zero-order valence-corrected chi connectivity index (χ0v) is 15.7. The summed E-state index contributed by atoms with van der Waals surface area (Å²) in [5, 5.41) is -0.897. The molecule has 136 valence electrons. The van der Waals surface area contributed by atoms with Gasteiger partial charge in [-0.25, -0.2) is 8.42 Å². The molecule has 1 saturated heterocycles. The third kappa shape index (κ3) is 3.81. The fourth-order valence-corrected chi connectivity index (χ4v) is 4.21. The van der Waals surface area contributed by atoms with Crippen molar-refractivity contribution in [3.05, 3.63) is 35.9 Å². The molecule has 8 heteroatoms. The number of rotatable bonds is 3. The summed E-state index contributed by atoms with van der Waals surface area (Å²) >= 11 is 0. The molecule has 1 aliphatic heterocycles. The van der Waals surface area contributed by atoms with E-state index < -0.39 is 26.5 Å². The first-order valence-corrected chi connectivity index (χ1v) is 9.59. The van der Waals surface area contributed by atoms with Gasteiger partial charge in [-0.3, -0.25) is 9.69 Å². The van der Waals surface area contributed by atoms with Crippen LogP contribution in [0.4, 0.5) is 0 Å². The molecule has 0 aliphatic carbocycles. The number of carbonyl (C=O) groups is 1. The largest absolute Gasteiger partial charge is 0.473 e. The first-order chi connectivity index (χ1) is 11.6. The molecule has 2 rings (SSSR count). The molecule has 1 unspecified atom stereocenters. The molecule has 1 fully saturated rings. The smallest absolute Gasteiger partial charge is 0.360 e. The van der Waals surface area contributed by atoms with Crippen molar-refractivity contribution in [3.63, 3.8) is 0 Å². The summed E-state index contributed by atoms with van der Waals surface area (Å²) in [4.78, 5) is 17.1. The van der Waals surface area contributed by atoms with Crippen LogP contribution >= 0.6 is 0 Å². The van der Waals surface area contributed by atoms with E-state index in [2.05, 4.69) is 4.79 Å². The molecular weight excluding hydrogens is 342 g/mol. The highest BCUT2D eigenvalue weighted by Gasteiger charge is 2.51. The van der Waals surface area contributed by atoms with Crippen LogP contribution in [0.5, 0.6) is 0 Å². The normalized spacial score (nSPS) is 19.7. The van der Waals surface area contributed by atoms with Crippen LogP contribution in [0.1, 0.15) is 34.1 Å². The first-order valence-electron chi connectivity index (χ1n) is 8.11. The molecule has 0 N–H and O–H groups in total. The van der Waals surface area contributed by atoms with Gasteiger partial charge in [0.2, 0.25) is 0 Å². The summed E-state index contributed by atoms with van der Waals surface area (Å²) in [6.07, 6.45) is 0.652. The third-order valence-corrected chi connectivity index (χ3v) is 5.78. The van der Waals surface area contributed by atoms with Crippen LogP contribution in [0.2, 0.25) is 0 Å². The van der Waals surface area contributed by atoms with E-state index in [0.29, 0.717) is 13.0 Å². The lowest BCUT2D eigenvalue weighted by atomic mass is 10.0. The number of benzene rings is 1. The molecule has 0 spiro atoms. The number of carbonyl (C=O) groups excluding carboxylic acids is 1. The summed E-state index contributed by atoms with van der Waals surface area (Å²) < 4.78 is 31.1. The molecule has 1 atom stereocenters. The summed E-state index contributed by atoms with van der Waals surface area (Å²) in [6.45, 7) is 7.71. The Morgan fingerprint density at radius 2 is 1.96 bits per heavy atom. The van der Waals surface area contributed by atoms with Crippen LogP contribution in [0.25, 0.3) is 5.53 Å². The lowest BCUT2D eigenvalue weighted by molar-refractivity contribution is -0.142. The molecule has 0 aromatic heterocycles. The first kappa shape index (κ1) is 19.3. The summed E-state index contributed by atoms with van der Waals surface area (Å²) in [6, 6.07) is 7.15. The third-order valence-electron chi connectivity index (χ3n) is 4.12. The van der Waals surface area contributed by atoms with Crippen LogP contribution in [0.3, 0.4) is 0 Å². The van der Waals surface area contributed by atoms with Gasteiger partial charge in [0.15, 0.2) is 0 Å².